The Kier molecular flexibility index (Phi) is 5.21. The quantitative estimate of drug-likeness (QED) is 0.492. The van der Waals surface area contributed by atoms with E-state index >= 15 is 0 Å². The molecule has 1 aromatic carbocycles. The normalized spacial score (nSPS) is 10.8. The lowest BCUT2D eigenvalue weighted by Crippen LogP contribution is -2.22. The summed E-state index contributed by atoms with van der Waals surface area (Å²) in [5.41, 5.74) is 8.68. The highest BCUT2D eigenvalue weighted by molar-refractivity contribution is 5.94. The maximum Gasteiger partial charge on any atom is 0.251 e. The smallest absolute Gasteiger partial charge is 0.251 e. The van der Waals surface area contributed by atoms with Crippen LogP contribution >= 0.6 is 0 Å². The van der Waals surface area contributed by atoms with Crippen LogP contribution in [-0.4, -0.2) is 21.2 Å². The largest absolute Gasteiger partial charge is 0.487 e. The van der Waals surface area contributed by atoms with Gasteiger partial charge in [0.25, 0.3) is 11.8 Å². The number of primary amides is 1. The van der Waals surface area contributed by atoms with Gasteiger partial charge in [-0.1, -0.05) is 12.1 Å². The molecule has 4 aromatic rings. The molecule has 0 fully saturated rings. The van der Waals surface area contributed by atoms with Crippen molar-refractivity contribution in [2.75, 3.05) is 0 Å². The average molecular weight is 404 g/mol. The topological polar surface area (TPSA) is 112 Å². The molecule has 152 valence electrons. The van der Waals surface area contributed by atoms with Crippen molar-refractivity contribution in [3.8, 4) is 5.75 Å². The van der Waals surface area contributed by atoms with Crippen molar-refractivity contribution in [3.05, 3.63) is 89.3 Å². The summed E-state index contributed by atoms with van der Waals surface area (Å²) in [5.74, 6) is 0.124. The monoisotopic (exact) mass is 404 g/mol. The summed E-state index contributed by atoms with van der Waals surface area (Å²) >= 11 is 0. The lowest BCUT2D eigenvalue weighted by molar-refractivity contribution is 0.0946. The Balaban J connectivity index is 1.37. The molecule has 0 aliphatic rings. The third-order valence-corrected chi connectivity index (χ3v) is 4.49. The minimum absolute atomic E-state index is 0.137. The second-order valence-corrected chi connectivity index (χ2v) is 6.87. The third-order valence-electron chi connectivity index (χ3n) is 4.49. The van der Waals surface area contributed by atoms with Crippen molar-refractivity contribution in [1.82, 2.24) is 14.7 Å². The fourth-order valence-electron chi connectivity index (χ4n) is 2.98. The fourth-order valence-corrected chi connectivity index (χ4v) is 2.98. The SMILES string of the molecule is Cc1ccc2nc(COc3cccc(C(=O)NCc4cc(C(N)=O)co4)c3)cn2c1. The van der Waals surface area contributed by atoms with Gasteiger partial charge in [0, 0.05) is 18.0 Å². The predicted octanol–water partition coefficient (Wildman–Crippen LogP) is 2.84. The molecule has 0 spiro atoms. The van der Waals surface area contributed by atoms with E-state index in [0.29, 0.717) is 17.1 Å². The van der Waals surface area contributed by atoms with Crippen LogP contribution in [0.5, 0.6) is 5.75 Å². The van der Waals surface area contributed by atoms with Gasteiger partial charge < -0.3 is 24.6 Å². The number of fused-ring (bicyclic) bond motifs is 1. The van der Waals surface area contributed by atoms with E-state index in [2.05, 4.69) is 10.3 Å². The van der Waals surface area contributed by atoms with Gasteiger partial charge in [-0.25, -0.2) is 4.98 Å². The van der Waals surface area contributed by atoms with E-state index in [1.807, 2.05) is 35.9 Å². The molecule has 0 unspecified atom stereocenters. The van der Waals surface area contributed by atoms with Gasteiger partial charge in [0.05, 0.1) is 17.8 Å². The highest BCUT2D eigenvalue weighted by atomic mass is 16.5. The number of hydrogen-bond donors (Lipinski definition) is 2. The zero-order chi connectivity index (χ0) is 21.1. The van der Waals surface area contributed by atoms with Gasteiger partial charge in [-0.15, -0.1) is 0 Å². The Morgan fingerprint density at radius 3 is 2.83 bits per heavy atom. The van der Waals surface area contributed by atoms with Crippen molar-refractivity contribution >= 4 is 17.5 Å². The standard InChI is InChI=1S/C22H20N4O4/c1-14-5-6-20-25-17(11-26(20)10-14)13-30-18-4-2-3-15(7-18)22(28)24-9-19-8-16(12-29-19)21(23)27/h2-8,10-12H,9,13H2,1H3,(H2,23,27)(H,24,28). The fraction of sp³-hybridized carbons (Fsp3) is 0.136. The van der Waals surface area contributed by atoms with Crippen LogP contribution in [0.3, 0.4) is 0 Å². The van der Waals surface area contributed by atoms with Crippen LogP contribution in [0, 0.1) is 6.92 Å². The highest BCUT2D eigenvalue weighted by Gasteiger charge is 2.11. The number of nitrogens with two attached hydrogens (primary N) is 1. The number of carbonyl (C=O) groups excluding carboxylic acids is 2. The first-order valence-electron chi connectivity index (χ1n) is 9.30. The Hall–Kier alpha value is -4.07. The summed E-state index contributed by atoms with van der Waals surface area (Å²) in [4.78, 5) is 28.0. The minimum Gasteiger partial charge on any atom is -0.487 e. The van der Waals surface area contributed by atoms with Crippen LogP contribution in [0.2, 0.25) is 0 Å². The van der Waals surface area contributed by atoms with Gasteiger partial charge in [0.1, 0.15) is 30.0 Å². The zero-order valence-corrected chi connectivity index (χ0v) is 16.3. The van der Waals surface area contributed by atoms with Crippen molar-refractivity contribution in [2.24, 2.45) is 5.73 Å². The Bertz CT molecular complexity index is 1220. The summed E-state index contributed by atoms with van der Waals surface area (Å²) in [5, 5.41) is 2.74. The van der Waals surface area contributed by atoms with E-state index in [4.69, 9.17) is 14.9 Å². The number of aromatic nitrogens is 2. The van der Waals surface area contributed by atoms with Gasteiger partial charge in [-0.05, 0) is 42.8 Å². The number of ether oxygens (including phenoxy) is 1. The summed E-state index contributed by atoms with van der Waals surface area (Å²) in [6.45, 7) is 2.45. The van der Waals surface area contributed by atoms with Crippen molar-refractivity contribution in [3.63, 3.8) is 0 Å². The Labute approximate surface area is 172 Å². The summed E-state index contributed by atoms with van der Waals surface area (Å²) in [6, 6.07) is 12.3. The number of imidazole rings is 1. The molecule has 0 saturated carbocycles. The van der Waals surface area contributed by atoms with Crippen LogP contribution in [0.15, 0.2) is 65.5 Å². The van der Waals surface area contributed by atoms with Crippen LogP contribution in [-0.2, 0) is 13.2 Å². The number of hydrogen-bond acceptors (Lipinski definition) is 5. The van der Waals surface area contributed by atoms with Gasteiger partial charge in [0.2, 0.25) is 0 Å². The molecule has 8 nitrogen and oxygen atoms in total. The first-order chi connectivity index (χ1) is 14.5. The number of carbonyl (C=O) groups is 2. The maximum atomic E-state index is 12.4. The second kappa shape index (κ2) is 8.12. The summed E-state index contributed by atoms with van der Waals surface area (Å²) in [6.07, 6.45) is 5.18. The summed E-state index contributed by atoms with van der Waals surface area (Å²) < 4.78 is 13.0. The molecule has 8 heteroatoms. The number of amides is 2. The highest BCUT2D eigenvalue weighted by Crippen LogP contribution is 2.16. The molecular formula is C22H20N4O4. The first kappa shape index (κ1) is 19.3. The molecule has 2 amide bonds. The number of nitrogens with one attached hydrogen (secondary N) is 1. The van der Waals surface area contributed by atoms with E-state index in [-0.39, 0.29) is 24.6 Å². The lowest BCUT2D eigenvalue weighted by Gasteiger charge is -2.07. The molecule has 0 atom stereocenters. The Morgan fingerprint density at radius 1 is 1.17 bits per heavy atom. The molecule has 30 heavy (non-hydrogen) atoms. The lowest BCUT2D eigenvalue weighted by atomic mass is 10.2. The second-order valence-electron chi connectivity index (χ2n) is 6.87. The van der Waals surface area contributed by atoms with E-state index in [0.717, 1.165) is 16.9 Å². The molecule has 3 heterocycles. The number of nitrogens with zero attached hydrogens (tertiary/aromatic N) is 2. The van der Waals surface area contributed by atoms with Crippen molar-refractivity contribution in [1.29, 1.82) is 0 Å². The van der Waals surface area contributed by atoms with Crippen LogP contribution < -0.4 is 15.8 Å². The van der Waals surface area contributed by atoms with Crippen LogP contribution in [0.1, 0.15) is 37.7 Å². The zero-order valence-electron chi connectivity index (χ0n) is 16.3. The van der Waals surface area contributed by atoms with E-state index < -0.39 is 5.91 Å². The molecule has 0 aliphatic carbocycles. The van der Waals surface area contributed by atoms with Gasteiger partial charge in [0.15, 0.2) is 0 Å². The van der Waals surface area contributed by atoms with Gasteiger partial charge >= 0.3 is 0 Å². The van der Waals surface area contributed by atoms with E-state index in [1.54, 1.807) is 24.3 Å². The average Bonchev–Trinajstić information content (AvgIpc) is 3.37. The molecule has 0 bridgehead atoms. The van der Waals surface area contributed by atoms with Crippen LogP contribution in [0.25, 0.3) is 5.65 Å². The van der Waals surface area contributed by atoms with Crippen LogP contribution in [0.4, 0.5) is 0 Å². The summed E-state index contributed by atoms with van der Waals surface area (Å²) in [7, 11) is 0. The molecule has 4 rings (SSSR count). The van der Waals surface area contributed by atoms with E-state index in [1.165, 1.54) is 12.3 Å². The van der Waals surface area contributed by atoms with E-state index in [9.17, 15) is 9.59 Å². The molecular weight excluding hydrogens is 384 g/mol. The van der Waals surface area contributed by atoms with Gasteiger partial charge in [-0.3, -0.25) is 9.59 Å². The number of furan rings is 1. The first-order valence-corrected chi connectivity index (χ1v) is 9.30. The van der Waals surface area contributed by atoms with Crippen molar-refractivity contribution < 1.29 is 18.7 Å². The maximum absolute atomic E-state index is 12.4. The minimum atomic E-state index is -0.582. The van der Waals surface area contributed by atoms with Gasteiger partial charge in [-0.2, -0.15) is 0 Å². The molecule has 3 N–H and O–H groups in total. The predicted molar refractivity (Wildman–Crippen MR) is 109 cm³/mol. The number of rotatable bonds is 7. The third kappa shape index (κ3) is 4.33. The molecule has 0 saturated heterocycles. The number of aryl methyl sites for hydroxylation is 1. The van der Waals surface area contributed by atoms with Crippen molar-refractivity contribution in [2.45, 2.75) is 20.1 Å². The number of pyridine rings is 1. The number of benzene rings is 1. The Morgan fingerprint density at radius 2 is 2.03 bits per heavy atom. The molecule has 0 radical (unpaired) electrons. The molecule has 0 aliphatic heterocycles. The molecule has 3 aromatic heterocycles.